The third-order valence-electron chi connectivity index (χ3n) is 3.51. The maximum absolute atomic E-state index is 5.90. The van der Waals surface area contributed by atoms with Gasteiger partial charge in [-0.2, -0.15) is 0 Å². The number of nitrogens with zero attached hydrogens (tertiary/aromatic N) is 5. The number of aromatic nitrogens is 4. The third kappa shape index (κ3) is 3.20. The molecule has 1 N–H and O–H groups in total. The Balaban J connectivity index is 1.74. The van der Waals surface area contributed by atoms with Crippen LogP contribution in [0.25, 0.3) is 0 Å². The largest absolute Gasteiger partial charge is 0.369 e. The van der Waals surface area contributed by atoms with E-state index < -0.39 is 0 Å². The number of hydrogen-bond acceptors (Lipinski definition) is 6. The molecule has 0 spiro atoms. The maximum Gasteiger partial charge on any atom is 0.152 e. The van der Waals surface area contributed by atoms with Crippen LogP contribution in [0.4, 0.5) is 5.82 Å². The molecule has 7 heteroatoms. The van der Waals surface area contributed by atoms with Crippen molar-refractivity contribution in [3.8, 4) is 0 Å². The van der Waals surface area contributed by atoms with Crippen molar-refractivity contribution in [3.63, 3.8) is 0 Å². The normalized spacial score (nSPS) is 19.6. The molecule has 0 aliphatic carbocycles. The first-order valence-electron chi connectivity index (χ1n) is 7.04. The lowest BCUT2D eigenvalue weighted by Crippen LogP contribution is -2.38. The highest BCUT2D eigenvalue weighted by molar-refractivity contribution is 5.42. The molecule has 2 aromatic heterocycles. The first kappa shape index (κ1) is 14.0. The Hall–Kier alpha value is -1.99. The number of hydrogen-bond donors (Lipinski definition) is 1. The van der Waals surface area contributed by atoms with Gasteiger partial charge in [0, 0.05) is 52.0 Å². The molecule has 1 saturated heterocycles. The van der Waals surface area contributed by atoms with Crippen LogP contribution < -0.4 is 4.90 Å². The van der Waals surface area contributed by atoms with Gasteiger partial charge < -0.3 is 14.6 Å². The van der Waals surface area contributed by atoms with Crippen LogP contribution >= 0.6 is 0 Å². The monoisotopic (exact) mass is 288 g/mol. The third-order valence-corrected chi connectivity index (χ3v) is 3.51. The molecule has 3 rings (SSSR count). The Morgan fingerprint density at radius 1 is 1.29 bits per heavy atom. The zero-order valence-corrected chi connectivity index (χ0v) is 12.4. The SMILES string of the molecule is CN(C)c1nccnc1C1CN(Cc2ncc[nH]2)CCO1. The minimum absolute atomic E-state index is 0.0557. The predicted octanol–water partition coefficient (Wildman–Crippen LogP) is 0.839. The minimum atomic E-state index is -0.0557. The number of rotatable bonds is 4. The molecule has 0 aromatic carbocycles. The fourth-order valence-corrected chi connectivity index (χ4v) is 2.52. The number of morpholine rings is 1. The van der Waals surface area contributed by atoms with Crippen molar-refractivity contribution in [1.29, 1.82) is 0 Å². The van der Waals surface area contributed by atoms with Crippen LogP contribution in [0.1, 0.15) is 17.6 Å². The van der Waals surface area contributed by atoms with Crippen LogP contribution in [0.3, 0.4) is 0 Å². The van der Waals surface area contributed by atoms with Gasteiger partial charge in [0.1, 0.15) is 17.6 Å². The summed E-state index contributed by atoms with van der Waals surface area (Å²) in [5.74, 6) is 1.84. The van der Waals surface area contributed by atoms with E-state index in [2.05, 4.69) is 24.8 Å². The quantitative estimate of drug-likeness (QED) is 0.899. The summed E-state index contributed by atoms with van der Waals surface area (Å²) in [6.45, 7) is 3.17. The van der Waals surface area contributed by atoms with Crippen molar-refractivity contribution in [2.45, 2.75) is 12.6 Å². The molecule has 1 atom stereocenters. The lowest BCUT2D eigenvalue weighted by atomic mass is 10.2. The molecule has 1 fully saturated rings. The molecule has 112 valence electrons. The second-order valence-electron chi connectivity index (χ2n) is 5.29. The van der Waals surface area contributed by atoms with Gasteiger partial charge in [-0.05, 0) is 0 Å². The van der Waals surface area contributed by atoms with Crippen molar-refractivity contribution in [3.05, 3.63) is 36.3 Å². The molecule has 0 bridgehead atoms. The van der Waals surface area contributed by atoms with E-state index in [1.807, 2.05) is 25.2 Å². The van der Waals surface area contributed by atoms with E-state index in [-0.39, 0.29) is 6.10 Å². The fourth-order valence-electron chi connectivity index (χ4n) is 2.52. The molecule has 3 heterocycles. The van der Waals surface area contributed by atoms with Crippen LogP contribution in [0, 0.1) is 0 Å². The highest BCUT2D eigenvalue weighted by Crippen LogP contribution is 2.26. The van der Waals surface area contributed by atoms with E-state index >= 15 is 0 Å². The van der Waals surface area contributed by atoms with Gasteiger partial charge in [0.05, 0.1) is 13.2 Å². The highest BCUT2D eigenvalue weighted by atomic mass is 16.5. The smallest absolute Gasteiger partial charge is 0.152 e. The molecule has 2 aromatic rings. The van der Waals surface area contributed by atoms with E-state index in [0.717, 1.165) is 37.0 Å². The van der Waals surface area contributed by atoms with Crippen LogP contribution in [-0.4, -0.2) is 58.6 Å². The van der Waals surface area contributed by atoms with Gasteiger partial charge in [-0.3, -0.25) is 9.88 Å². The molecule has 0 saturated carbocycles. The zero-order valence-electron chi connectivity index (χ0n) is 12.4. The Labute approximate surface area is 124 Å². The Morgan fingerprint density at radius 2 is 2.14 bits per heavy atom. The van der Waals surface area contributed by atoms with Crippen molar-refractivity contribution in [1.82, 2.24) is 24.8 Å². The minimum Gasteiger partial charge on any atom is -0.369 e. The van der Waals surface area contributed by atoms with Crippen LogP contribution in [-0.2, 0) is 11.3 Å². The first-order valence-corrected chi connectivity index (χ1v) is 7.04. The molecular formula is C14H20N6O. The maximum atomic E-state index is 5.90. The molecule has 1 aliphatic rings. The van der Waals surface area contributed by atoms with Gasteiger partial charge in [0.15, 0.2) is 5.82 Å². The zero-order chi connectivity index (χ0) is 14.7. The van der Waals surface area contributed by atoms with Crippen molar-refractivity contribution >= 4 is 5.82 Å². The Kier molecular flexibility index (Phi) is 4.12. The first-order chi connectivity index (χ1) is 10.2. The number of nitrogens with one attached hydrogen (secondary N) is 1. The molecule has 21 heavy (non-hydrogen) atoms. The average molecular weight is 288 g/mol. The topological polar surface area (TPSA) is 70.2 Å². The van der Waals surface area contributed by atoms with Crippen LogP contribution in [0.2, 0.25) is 0 Å². The van der Waals surface area contributed by atoms with Gasteiger partial charge >= 0.3 is 0 Å². The van der Waals surface area contributed by atoms with E-state index in [1.54, 1.807) is 18.6 Å². The number of anilines is 1. The van der Waals surface area contributed by atoms with Crippen LogP contribution in [0.15, 0.2) is 24.8 Å². The van der Waals surface area contributed by atoms with Crippen LogP contribution in [0.5, 0.6) is 0 Å². The molecule has 0 radical (unpaired) electrons. The summed E-state index contributed by atoms with van der Waals surface area (Å²) >= 11 is 0. The number of ether oxygens (including phenoxy) is 1. The van der Waals surface area contributed by atoms with Crippen molar-refractivity contribution in [2.24, 2.45) is 0 Å². The summed E-state index contributed by atoms with van der Waals surface area (Å²) < 4.78 is 5.90. The van der Waals surface area contributed by atoms with Gasteiger partial charge in [0.25, 0.3) is 0 Å². The summed E-state index contributed by atoms with van der Waals surface area (Å²) in [6.07, 6.45) is 7.00. The molecule has 7 nitrogen and oxygen atoms in total. The lowest BCUT2D eigenvalue weighted by Gasteiger charge is -2.33. The predicted molar refractivity (Wildman–Crippen MR) is 78.9 cm³/mol. The molecular weight excluding hydrogens is 268 g/mol. The van der Waals surface area contributed by atoms with E-state index in [9.17, 15) is 0 Å². The highest BCUT2D eigenvalue weighted by Gasteiger charge is 2.26. The Bertz CT molecular complexity index is 571. The fraction of sp³-hybridized carbons (Fsp3) is 0.500. The van der Waals surface area contributed by atoms with E-state index in [4.69, 9.17) is 4.74 Å². The standard InChI is InChI=1S/C14H20N6O/c1-19(2)14-13(17-5-6-18-14)11-9-20(7-8-21-11)10-12-15-3-4-16-12/h3-6,11H,7-10H2,1-2H3,(H,15,16). The summed E-state index contributed by atoms with van der Waals surface area (Å²) in [6, 6.07) is 0. The summed E-state index contributed by atoms with van der Waals surface area (Å²) in [4.78, 5) is 20.6. The second kappa shape index (κ2) is 6.19. The number of H-pyrrole nitrogens is 1. The summed E-state index contributed by atoms with van der Waals surface area (Å²) in [5.41, 5.74) is 0.895. The van der Waals surface area contributed by atoms with Gasteiger partial charge in [-0.25, -0.2) is 9.97 Å². The lowest BCUT2D eigenvalue weighted by molar-refractivity contribution is -0.0355. The molecule has 1 unspecified atom stereocenters. The molecule has 1 aliphatic heterocycles. The summed E-state index contributed by atoms with van der Waals surface area (Å²) in [7, 11) is 3.94. The van der Waals surface area contributed by atoms with Gasteiger partial charge in [-0.15, -0.1) is 0 Å². The molecule has 0 amide bonds. The van der Waals surface area contributed by atoms with Crippen molar-refractivity contribution in [2.75, 3.05) is 38.7 Å². The van der Waals surface area contributed by atoms with E-state index in [0.29, 0.717) is 6.61 Å². The van der Waals surface area contributed by atoms with Gasteiger partial charge in [-0.1, -0.05) is 0 Å². The Morgan fingerprint density at radius 3 is 2.90 bits per heavy atom. The summed E-state index contributed by atoms with van der Waals surface area (Å²) in [5, 5.41) is 0. The average Bonchev–Trinajstić information content (AvgIpc) is 3.00. The van der Waals surface area contributed by atoms with Gasteiger partial charge in [0.2, 0.25) is 0 Å². The van der Waals surface area contributed by atoms with E-state index in [1.165, 1.54) is 0 Å². The number of aromatic amines is 1. The van der Waals surface area contributed by atoms with Crippen molar-refractivity contribution < 1.29 is 4.74 Å². The second-order valence-corrected chi connectivity index (χ2v) is 5.29. The number of imidazole rings is 1.